The van der Waals surface area contributed by atoms with E-state index >= 15 is 0 Å². The van der Waals surface area contributed by atoms with Crippen LogP contribution in [0.25, 0.3) is 0 Å². The van der Waals surface area contributed by atoms with Gasteiger partial charge in [-0.15, -0.1) is 0 Å². The maximum absolute atomic E-state index is 11.9. The van der Waals surface area contributed by atoms with Gasteiger partial charge in [-0.05, 0) is 38.1 Å². The Morgan fingerprint density at radius 3 is 2.75 bits per heavy atom. The van der Waals surface area contributed by atoms with Crippen LogP contribution < -0.4 is 5.32 Å². The van der Waals surface area contributed by atoms with E-state index in [2.05, 4.69) is 5.32 Å². The second-order valence-corrected chi connectivity index (χ2v) is 5.78. The standard InChI is InChI=1S/C15H30N2O3/c1-3-14(19)9-12-8-13(16-6-5-7-18)11-17(10-12)15(20)4-2/h12-14,16,18-19H,3-11H2,1-2H3. The van der Waals surface area contributed by atoms with Crippen LogP contribution >= 0.6 is 0 Å². The minimum Gasteiger partial charge on any atom is -0.396 e. The smallest absolute Gasteiger partial charge is 0.222 e. The highest BCUT2D eigenvalue weighted by atomic mass is 16.3. The topological polar surface area (TPSA) is 72.8 Å². The zero-order chi connectivity index (χ0) is 15.0. The van der Waals surface area contributed by atoms with Crippen LogP contribution in [0.2, 0.25) is 0 Å². The van der Waals surface area contributed by atoms with Crippen molar-refractivity contribution >= 4 is 5.91 Å². The molecule has 5 heteroatoms. The van der Waals surface area contributed by atoms with Gasteiger partial charge in [-0.3, -0.25) is 4.79 Å². The molecule has 1 amide bonds. The number of hydrogen-bond donors (Lipinski definition) is 3. The molecule has 0 spiro atoms. The maximum Gasteiger partial charge on any atom is 0.222 e. The molecule has 0 radical (unpaired) electrons. The molecule has 1 fully saturated rings. The Labute approximate surface area is 122 Å². The van der Waals surface area contributed by atoms with Crippen LogP contribution in [-0.2, 0) is 4.79 Å². The summed E-state index contributed by atoms with van der Waals surface area (Å²) in [5.41, 5.74) is 0. The molecule has 1 rings (SSSR count). The van der Waals surface area contributed by atoms with Crippen molar-refractivity contribution in [1.29, 1.82) is 0 Å². The summed E-state index contributed by atoms with van der Waals surface area (Å²) >= 11 is 0. The average Bonchev–Trinajstić information content (AvgIpc) is 2.46. The zero-order valence-corrected chi connectivity index (χ0v) is 12.8. The van der Waals surface area contributed by atoms with Crippen LogP contribution in [0.3, 0.4) is 0 Å². The molecule has 1 aliphatic rings. The van der Waals surface area contributed by atoms with Crippen LogP contribution in [0.15, 0.2) is 0 Å². The van der Waals surface area contributed by atoms with Crippen molar-refractivity contribution in [3.63, 3.8) is 0 Å². The Kier molecular flexibility index (Phi) is 8.11. The van der Waals surface area contributed by atoms with Gasteiger partial charge in [0.1, 0.15) is 0 Å². The predicted molar refractivity (Wildman–Crippen MR) is 79.4 cm³/mol. The highest BCUT2D eigenvalue weighted by molar-refractivity contribution is 5.76. The molecule has 118 valence electrons. The maximum atomic E-state index is 11.9. The zero-order valence-electron chi connectivity index (χ0n) is 12.8. The molecule has 0 aliphatic carbocycles. The Morgan fingerprint density at radius 2 is 2.15 bits per heavy atom. The number of carbonyl (C=O) groups excluding carboxylic acids is 1. The van der Waals surface area contributed by atoms with E-state index in [9.17, 15) is 9.90 Å². The lowest BCUT2D eigenvalue weighted by atomic mass is 9.88. The summed E-state index contributed by atoms with van der Waals surface area (Å²) in [4.78, 5) is 13.9. The van der Waals surface area contributed by atoms with E-state index < -0.39 is 0 Å². The molecule has 1 saturated heterocycles. The molecule has 3 unspecified atom stereocenters. The van der Waals surface area contributed by atoms with Crippen molar-refractivity contribution in [2.45, 2.75) is 58.1 Å². The Balaban J connectivity index is 2.55. The first-order chi connectivity index (χ1) is 9.60. The van der Waals surface area contributed by atoms with Crippen LogP contribution in [0.1, 0.15) is 46.0 Å². The van der Waals surface area contributed by atoms with E-state index in [4.69, 9.17) is 5.11 Å². The number of nitrogens with zero attached hydrogens (tertiary/aromatic N) is 1. The van der Waals surface area contributed by atoms with Crippen LogP contribution in [0.4, 0.5) is 0 Å². The summed E-state index contributed by atoms with van der Waals surface area (Å²) in [6.45, 7) is 6.35. The Hall–Kier alpha value is -0.650. The van der Waals surface area contributed by atoms with Gasteiger partial charge in [0.25, 0.3) is 0 Å². The third-order valence-electron chi connectivity index (χ3n) is 4.04. The number of carbonyl (C=O) groups is 1. The first-order valence-corrected chi connectivity index (χ1v) is 7.90. The van der Waals surface area contributed by atoms with Gasteiger partial charge in [0.05, 0.1) is 6.10 Å². The summed E-state index contributed by atoms with van der Waals surface area (Å²) in [6, 6.07) is 0.278. The molecule has 0 aromatic carbocycles. The largest absolute Gasteiger partial charge is 0.396 e. The molecule has 1 heterocycles. The first-order valence-electron chi connectivity index (χ1n) is 7.90. The van der Waals surface area contributed by atoms with Gasteiger partial charge >= 0.3 is 0 Å². The highest BCUT2D eigenvalue weighted by Gasteiger charge is 2.29. The average molecular weight is 286 g/mol. The fourth-order valence-electron chi connectivity index (χ4n) is 2.89. The molecular weight excluding hydrogens is 256 g/mol. The van der Waals surface area contributed by atoms with Crippen molar-refractivity contribution in [1.82, 2.24) is 10.2 Å². The second kappa shape index (κ2) is 9.32. The van der Waals surface area contributed by atoms with E-state index in [0.29, 0.717) is 12.3 Å². The Bertz CT molecular complexity index is 286. The van der Waals surface area contributed by atoms with Crippen molar-refractivity contribution in [2.75, 3.05) is 26.2 Å². The molecule has 0 saturated carbocycles. The van der Waals surface area contributed by atoms with E-state index in [1.54, 1.807) is 0 Å². The van der Waals surface area contributed by atoms with Crippen molar-refractivity contribution in [2.24, 2.45) is 5.92 Å². The van der Waals surface area contributed by atoms with Crippen LogP contribution in [-0.4, -0.2) is 59.4 Å². The third-order valence-corrected chi connectivity index (χ3v) is 4.04. The Morgan fingerprint density at radius 1 is 1.40 bits per heavy atom. The van der Waals surface area contributed by atoms with E-state index in [0.717, 1.165) is 45.3 Å². The van der Waals surface area contributed by atoms with Crippen molar-refractivity contribution in [3.8, 4) is 0 Å². The van der Waals surface area contributed by atoms with Gasteiger partial charge in [-0.2, -0.15) is 0 Å². The summed E-state index contributed by atoms with van der Waals surface area (Å²) < 4.78 is 0. The van der Waals surface area contributed by atoms with E-state index in [1.165, 1.54) is 0 Å². The van der Waals surface area contributed by atoms with Gasteiger partial charge in [-0.25, -0.2) is 0 Å². The molecule has 0 aromatic heterocycles. The van der Waals surface area contributed by atoms with Gasteiger partial charge in [-0.1, -0.05) is 13.8 Å². The SMILES string of the molecule is CCC(=O)N1CC(CC(O)CC)CC(NCCCO)C1. The molecule has 3 N–H and O–H groups in total. The predicted octanol–water partition coefficient (Wildman–Crippen LogP) is 0.746. The normalized spacial score (nSPS) is 24.7. The lowest BCUT2D eigenvalue weighted by molar-refractivity contribution is -0.133. The van der Waals surface area contributed by atoms with E-state index in [1.807, 2.05) is 18.7 Å². The first kappa shape index (κ1) is 17.4. The number of likely N-dealkylation sites (tertiary alicyclic amines) is 1. The monoisotopic (exact) mass is 286 g/mol. The van der Waals surface area contributed by atoms with Gasteiger partial charge in [0, 0.05) is 32.2 Å². The molecule has 0 bridgehead atoms. The van der Waals surface area contributed by atoms with Gasteiger partial charge in [0.2, 0.25) is 5.91 Å². The number of amides is 1. The highest BCUT2D eigenvalue weighted by Crippen LogP contribution is 2.23. The summed E-state index contributed by atoms with van der Waals surface area (Å²) in [5.74, 6) is 0.551. The third kappa shape index (κ3) is 5.77. The van der Waals surface area contributed by atoms with Gasteiger partial charge < -0.3 is 20.4 Å². The number of nitrogens with one attached hydrogen (secondary N) is 1. The number of hydrogen-bond acceptors (Lipinski definition) is 4. The molecule has 5 nitrogen and oxygen atoms in total. The molecule has 0 aromatic rings. The summed E-state index contributed by atoms with van der Waals surface area (Å²) in [5, 5.41) is 22.1. The fourth-order valence-corrected chi connectivity index (χ4v) is 2.89. The second-order valence-electron chi connectivity index (χ2n) is 5.78. The molecule has 20 heavy (non-hydrogen) atoms. The quantitative estimate of drug-likeness (QED) is 0.576. The number of aliphatic hydroxyl groups is 2. The number of rotatable bonds is 8. The molecular formula is C15H30N2O3. The summed E-state index contributed by atoms with van der Waals surface area (Å²) in [7, 11) is 0. The fraction of sp³-hybridized carbons (Fsp3) is 0.933. The van der Waals surface area contributed by atoms with Crippen molar-refractivity contribution < 1.29 is 15.0 Å². The van der Waals surface area contributed by atoms with Crippen molar-refractivity contribution in [3.05, 3.63) is 0 Å². The summed E-state index contributed by atoms with van der Waals surface area (Å²) in [6.07, 6.45) is 3.53. The lowest BCUT2D eigenvalue weighted by Crippen LogP contribution is -2.51. The number of aliphatic hydroxyl groups excluding tert-OH is 2. The molecule has 1 aliphatic heterocycles. The molecule has 3 atom stereocenters. The number of piperidine rings is 1. The minimum atomic E-state index is -0.269. The lowest BCUT2D eigenvalue weighted by Gasteiger charge is -2.39. The van der Waals surface area contributed by atoms with E-state index in [-0.39, 0.29) is 24.7 Å². The minimum absolute atomic E-state index is 0.189. The van der Waals surface area contributed by atoms with Crippen LogP contribution in [0.5, 0.6) is 0 Å². The van der Waals surface area contributed by atoms with Gasteiger partial charge in [0.15, 0.2) is 0 Å². The van der Waals surface area contributed by atoms with Crippen LogP contribution in [0, 0.1) is 5.92 Å².